The summed E-state index contributed by atoms with van der Waals surface area (Å²) in [6.07, 6.45) is 1.78. The third-order valence-electron chi connectivity index (χ3n) is 3.25. The zero-order valence-electron chi connectivity index (χ0n) is 11.5. The number of rotatable bonds is 4. The van der Waals surface area contributed by atoms with Crippen LogP contribution >= 0.6 is 0 Å². The van der Waals surface area contributed by atoms with E-state index in [1.54, 1.807) is 36.1 Å². The maximum atomic E-state index is 12.5. The minimum absolute atomic E-state index is 0.173. The molecule has 1 aromatic heterocycles. The molecule has 0 bridgehead atoms. The van der Waals surface area contributed by atoms with E-state index in [1.165, 1.54) is 0 Å². The zero-order valence-corrected chi connectivity index (χ0v) is 12.3. The van der Waals surface area contributed by atoms with Crippen LogP contribution in [0.1, 0.15) is 5.69 Å². The van der Waals surface area contributed by atoms with Crippen molar-refractivity contribution >= 4 is 20.8 Å². The molecule has 0 atom stereocenters. The Morgan fingerprint density at radius 3 is 2.62 bits per heavy atom. The largest absolute Gasteiger partial charge is 0.276 e. The first-order valence-electron chi connectivity index (χ1n) is 6.52. The van der Waals surface area contributed by atoms with E-state index in [-0.39, 0.29) is 11.4 Å². The molecule has 108 valence electrons. The summed E-state index contributed by atoms with van der Waals surface area (Å²) < 4.78 is 29.2. The highest BCUT2D eigenvalue weighted by molar-refractivity contribution is 7.89. The molecule has 2 aromatic carbocycles. The monoisotopic (exact) mass is 301 g/mol. The Hall–Kier alpha value is -2.18. The molecule has 0 spiro atoms. The molecule has 0 saturated carbocycles. The van der Waals surface area contributed by atoms with E-state index in [2.05, 4.69) is 9.82 Å². The zero-order chi connectivity index (χ0) is 14.9. The van der Waals surface area contributed by atoms with E-state index in [4.69, 9.17) is 0 Å². The number of fused-ring (bicyclic) bond motifs is 1. The molecule has 3 rings (SSSR count). The number of hydrogen-bond acceptors (Lipinski definition) is 3. The second kappa shape index (κ2) is 5.31. The van der Waals surface area contributed by atoms with Crippen molar-refractivity contribution in [3.8, 4) is 0 Å². The number of nitrogens with zero attached hydrogens (tertiary/aromatic N) is 2. The van der Waals surface area contributed by atoms with Gasteiger partial charge < -0.3 is 0 Å². The first kappa shape index (κ1) is 13.8. The number of benzene rings is 2. The minimum Gasteiger partial charge on any atom is -0.276 e. The Balaban J connectivity index is 1.93. The van der Waals surface area contributed by atoms with Crippen LogP contribution in [0, 0.1) is 0 Å². The molecular weight excluding hydrogens is 286 g/mol. The van der Waals surface area contributed by atoms with Crippen molar-refractivity contribution in [1.82, 2.24) is 14.5 Å². The molecule has 3 aromatic rings. The Bertz CT molecular complexity index is 879. The SMILES string of the molecule is Cn1ccc(CNS(=O)(=O)c2cccc3ccccc23)n1. The molecule has 1 N–H and O–H groups in total. The summed E-state index contributed by atoms with van der Waals surface area (Å²) in [5.41, 5.74) is 0.682. The number of aromatic nitrogens is 2. The van der Waals surface area contributed by atoms with Crippen LogP contribution in [-0.2, 0) is 23.6 Å². The van der Waals surface area contributed by atoms with Gasteiger partial charge in [-0.25, -0.2) is 13.1 Å². The summed E-state index contributed by atoms with van der Waals surface area (Å²) in [5, 5.41) is 5.78. The maximum Gasteiger partial charge on any atom is 0.241 e. The van der Waals surface area contributed by atoms with Crippen LogP contribution < -0.4 is 4.72 Å². The van der Waals surface area contributed by atoms with Crippen molar-refractivity contribution in [1.29, 1.82) is 0 Å². The second-order valence-corrected chi connectivity index (χ2v) is 6.52. The van der Waals surface area contributed by atoms with Gasteiger partial charge in [0.1, 0.15) is 0 Å². The number of hydrogen-bond donors (Lipinski definition) is 1. The highest BCUT2D eigenvalue weighted by Gasteiger charge is 2.17. The molecule has 21 heavy (non-hydrogen) atoms. The Kier molecular flexibility index (Phi) is 3.48. The standard InChI is InChI=1S/C15H15N3O2S/c1-18-10-9-13(17-18)11-16-21(19,20)15-8-4-6-12-5-2-3-7-14(12)15/h2-10,16H,11H2,1H3. The molecule has 0 saturated heterocycles. The van der Waals surface area contributed by atoms with E-state index in [0.717, 1.165) is 5.39 Å². The molecular formula is C15H15N3O2S. The highest BCUT2D eigenvalue weighted by atomic mass is 32.2. The second-order valence-electron chi connectivity index (χ2n) is 4.78. The van der Waals surface area contributed by atoms with Crippen LogP contribution in [0.15, 0.2) is 59.6 Å². The lowest BCUT2D eigenvalue weighted by molar-refractivity contribution is 0.580. The fourth-order valence-electron chi connectivity index (χ4n) is 2.23. The van der Waals surface area contributed by atoms with Crippen molar-refractivity contribution in [2.75, 3.05) is 0 Å². The summed E-state index contributed by atoms with van der Waals surface area (Å²) in [7, 11) is -1.78. The average Bonchev–Trinajstić information content (AvgIpc) is 2.90. The van der Waals surface area contributed by atoms with E-state index < -0.39 is 10.0 Å². The first-order chi connectivity index (χ1) is 10.1. The van der Waals surface area contributed by atoms with Gasteiger partial charge in [-0.2, -0.15) is 5.10 Å². The van der Waals surface area contributed by atoms with Crippen molar-refractivity contribution in [3.63, 3.8) is 0 Å². The van der Waals surface area contributed by atoms with Gasteiger partial charge in [-0.1, -0.05) is 36.4 Å². The smallest absolute Gasteiger partial charge is 0.241 e. The summed E-state index contributed by atoms with van der Waals surface area (Å²) in [6, 6.07) is 14.5. The molecule has 6 heteroatoms. The summed E-state index contributed by atoms with van der Waals surface area (Å²) >= 11 is 0. The van der Waals surface area contributed by atoms with E-state index in [9.17, 15) is 8.42 Å². The van der Waals surface area contributed by atoms with E-state index in [1.807, 2.05) is 30.3 Å². The molecule has 1 heterocycles. The molecule has 5 nitrogen and oxygen atoms in total. The van der Waals surface area contributed by atoms with Crippen LogP contribution in [0.2, 0.25) is 0 Å². The van der Waals surface area contributed by atoms with Crippen LogP contribution in [0.25, 0.3) is 10.8 Å². The molecule has 0 amide bonds. The minimum atomic E-state index is -3.58. The Morgan fingerprint density at radius 1 is 1.10 bits per heavy atom. The van der Waals surface area contributed by atoms with Gasteiger partial charge in [-0.05, 0) is 17.5 Å². The molecule has 0 aliphatic heterocycles. The quantitative estimate of drug-likeness (QED) is 0.802. The summed E-state index contributed by atoms with van der Waals surface area (Å²) in [4.78, 5) is 0.288. The van der Waals surface area contributed by atoms with Gasteiger partial charge >= 0.3 is 0 Å². The van der Waals surface area contributed by atoms with Crippen molar-refractivity contribution in [3.05, 3.63) is 60.4 Å². The Labute approximate surface area is 123 Å². The van der Waals surface area contributed by atoms with Crippen LogP contribution in [0.3, 0.4) is 0 Å². The highest BCUT2D eigenvalue weighted by Crippen LogP contribution is 2.22. The van der Waals surface area contributed by atoms with Crippen molar-refractivity contribution in [2.45, 2.75) is 11.4 Å². The lowest BCUT2D eigenvalue weighted by atomic mass is 10.1. The van der Waals surface area contributed by atoms with Gasteiger partial charge in [0.25, 0.3) is 0 Å². The van der Waals surface area contributed by atoms with E-state index in [0.29, 0.717) is 11.1 Å². The fourth-order valence-corrected chi connectivity index (χ4v) is 3.46. The van der Waals surface area contributed by atoms with Gasteiger partial charge in [0, 0.05) is 18.6 Å². The van der Waals surface area contributed by atoms with Crippen LogP contribution in [-0.4, -0.2) is 18.2 Å². The van der Waals surface area contributed by atoms with E-state index >= 15 is 0 Å². The molecule has 0 unspecified atom stereocenters. The molecule has 0 aliphatic carbocycles. The van der Waals surface area contributed by atoms with Crippen LogP contribution in [0.5, 0.6) is 0 Å². The molecule has 0 radical (unpaired) electrons. The average molecular weight is 301 g/mol. The van der Waals surface area contributed by atoms with Gasteiger partial charge in [0.05, 0.1) is 17.1 Å². The number of sulfonamides is 1. The normalized spacial score (nSPS) is 11.9. The third kappa shape index (κ3) is 2.81. The summed E-state index contributed by atoms with van der Waals surface area (Å²) in [5.74, 6) is 0. The van der Waals surface area contributed by atoms with Crippen molar-refractivity contribution < 1.29 is 8.42 Å². The number of nitrogens with one attached hydrogen (secondary N) is 1. The van der Waals surface area contributed by atoms with Gasteiger partial charge in [0.15, 0.2) is 0 Å². The van der Waals surface area contributed by atoms with Crippen molar-refractivity contribution in [2.24, 2.45) is 7.05 Å². The maximum absolute atomic E-state index is 12.5. The third-order valence-corrected chi connectivity index (χ3v) is 4.71. The Morgan fingerprint density at radius 2 is 1.86 bits per heavy atom. The topological polar surface area (TPSA) is 64.0 Å². The molecule has 0 fully saturated rings. The fraction of sp³-hybridized carbons (Fsp3) is 0.133. The summed E-state index contributed by atoms with van der Waals surface area (Å²) in [6.45, 7) is 0.173. The van der Waals surface area contributed by atoms with Crippen LogP contribution in [0.4, 0.5) is 0 Å². The molecule has 0 aliphatic rings. The first-order valence-corrected chi connectivity index (χ1v) is 8.00. The predicted molar refractivity (Wildman–Crippen MR) is 81.2 cm³/mol. The number of aryl methyl sites for hydroxylation is 1. The lowest BCUT2D eigenvalue weighted by Crippen LogP contribution is -2.23. The lowest BCUT2D eigenvalue weighted by Gasteiger charge is -2.08. The van der Waals surface area contributed by atoms with Gasteiger partial charge in [-0.15, -0.1) is 0 Å². The predicted octanol–water partition coefficient (Wildman–Crippen LogP) is 2.05. The van der Waals surface area contributed by atoms with Gasteiger partial charge in [-0.3, -0.25) is 4.68 Å². The van der Waals surface area contributed by atoms with Gasteiger partial charge in [0.2, 0.25) is 10.0 Å².